The number of hydrogen-bond donors (Lipinski definition) is 1. The van der Waals surface area contributed by atoms with E-state index in [1.165, 1.54) is 7.05 Å². The number of hydrogen-bond acceptors (Lipinski definition) is 3. The molecule has 0 aliphatic rings. The van der Waals surface area contributed by atoms with Crippen molar-refractivity contribution >= 4 is 27.3 Å². The number of amides is 1. The molecule has 1 N–H and O–H groups in total. The van der Waals surface area contributed by atoms with E-state index in [0.717, 1.165) is 16.1 Å². The van der Waals surface area contributed by atoms with Crippen molar-refractivity contribution < 1.29 is 13.2 Å². The predicted octanol–water partition coefficient (Wildman–Crippen LogP) is 2.64. The second-order valence-corrected chi connectivity index (χ2v) is 7.03. The minimum Gasteiger partial charge on any atom is -0.322 e. The fourth-order valence-electron chi connectivity index (χ4n) is 2.02. The first-order valence-corrected chi connectivity index (χ1v) is 8.55. The molecule has 1 amide bonds. The van der Waals surface area contributed by atoms with E-state index in [0.29, 0.717) is 16.9 Å². The molecule has 2 aromatic rings. The number of nitrogens with zero attached hydrogens (tertiary/aromatic N) is 1. The minimum atomic E-state index is -3.44. The molecular weight excluding hydrogens is 300 g/mol. The number of aryl methyl sites for hydroxylation is 1. The Bertz CT molecular complexity index is 801. The molecule has 0 radical (unpaired) electrons. The zero-order valence-corrected chi connectivity index (χ0v) is 13.5. The third-order valence-electron chi connectivity index (χ3n) is 3.38. The summed E-state index contributed by atoms with van der Waals surface area (Å²) < 4.78 is 24.5. The number of sulfonamides is 1. The molecule has 0 aliphatic heterocycles. The molecule has 0 saturated heterocycles. The Kier molecular flexibility index (Phi) is 4.51. The first-order valence-electron chi connectivity index (χ1n) is 6.70. The van der Waals surface area contributed by atoms with Gasteiger partial charge in [-0.1, -0.05) is 30.3 Å². The first-order chi connectivity index (χ1) is 10.3. The Morgan fingerprint density at radius 3 is 2.27 bits per heavy atom. The van der Waals surface area contributed by atoms with Crippen molar-refractivity contribution in [1.82, 2.24) is 0 Å². The number of anilines is 2. The summed E-state index contributed by atoms with van der Waals surface area (Å²) in [6.45, 7) is 1.89. The van der Waals surface area contributed by atoms with E-state index in [9.17, 15) is 13.2 Å². The number of para-hydroxylation sites is 2. The van der Waals surface area contributed by atoms with Crippen molar-refractivity contribution in [2.75, 3.05) is 22.9 Å². The molecule has 0 spiro atoms. The molecule has 0 heterocycles. The Balaban J connectivity index is 2.37. The summed E-state index contributed by atoms with van der Waals surface area (Å²) in [7, 11) is -2.01. The molecule has 0 bridgehead atoms. The lowest BCUT2D eigenvalue weighted by Crippen LogP contribution is -2.27. The van der Waals surface area contributed by atoms with Crippen molar-refractivity contribution in [2.45, 2.75) is 6.92 Å². The maximum absolute atomic E-state index is 12.5. The van der Waals surface area contributed by atoms with Gasteiger partial charge in [0, 0.05) is 12.7 Å². The van der Waals surface area contributed by atoms with E-state index in [1.54, 1.807) is 30.3 Å². The lowest BCUT2D eigenvalue weighted by atomic mass is 10.1. The highest BCUT2D eigenvalue weighted by atomic mass is 32.2. The van der Waals surface area contributed by atoms with Gasteiger partial charge in [-0.2, -0.15) is 0 Å². The van der Waals surface area contributed by atoms with Gasteiger partial charge in [0.25, 0.3) is 5.91 Å². The molecule has 22 heavy (non-hydrogen) atoms. The van der Waals surface area contributed by atoms with Crippen molar-refractivity contribution in [1.29, 1.82) is 0 Å². The Hall–Kier alpha value is -2.34. The number of nitrogens with one attached hydrogen (secondary N) is 1. The number of benzene rings is 2. The molecule has 0 unspecified atom stereocenters. The summed E-state index contributed by atoms with van der Waals surface area (Å²) in [6, 6.07) is 14.0. The summed E-state index contributed by atoms with van der Waals surface area (Å²) in [6.07, 6.45) is 1.10. The summed E-state index contributed by atoms with van der Waals surface area (Å²) in [5.41, 5.74) is 2.28. The quantitative estimate of drug-likeness (QED) is 0.942. The van der Waals surface area contributed by atoms with Crippen molar-refractivity contribution in [3.63, 3.8) is 0 Å². The molecule has 2 rings (SSSR count). The monoisotopic (exact) mass is 318 g/mol. The van der Waals surface area contributed by atoms with E-state index in [-0.39, 0.29) is 5.91 Å². The van der Waals surface area contributed by atoms with Gasteiger partial charge in [0.2, 0.25) is 10.0 Å². The van der Waals surface area contributed by atoms with Gasteiger partial charge in [0.1, 0.15) is 0 Å². The normalized spacial score (nSPS) is 11.0. The second kappa shape index (κ2) is 6.19. The largest absolute Gasteiger partial charge is 0.322 e. The summed E-state index contributed by atoms with van der Waals surface area (Å²) >= 11 is 0. The van der Waals surface area contributed by atoms with Gasteiger partial charge >= 0.3 is 0 Å². The maximum atomic E-state index is 12.5. The Morgan fingerprint density at radius 2 is 1.64 bits per heavy atom. The smallest absolute Gasteiger partial charge is 0.257 e. The molecule has 2 aromatic carbocycles. The van der Waals surface area contributed by atoms with Crippen LogP contribution in [-0.2, 0) is 10.0 Å². The van der Waals surface area contributed by atoms with Crippen molar-refractivity contribution in [2.24, 2.45) is 0 Å². The van der Waals surface area contributed by atoms with Gasteiger partial charge in [-0.3, -0.25) is 9.10 Å². The zero-order chi connectivity index (χ0) is 16.3. The Labute approximate surface area is 130 Å². The number of carbonyl (C=O) groups excluding carboxylic acids is 1. The van der Waals surface area contributed by atoms with Crippen LogP contribution in [-0.4, -0.2) is 27.6 Å². The molecule has 5 nitrogen and oxygen atoms in total. The molecule has 0 aromatic heterocycles. The minimum absolute atomic E-state index is 0.304. The average Bonchev–Trinajstić information content (AvgIpc) is 2.48. The van der Waals surface area contributed by atoms with Crippen LogP contribution in [0.1, 0.15) is 15.9 Å². The van der Waals surface area contributed by atoms with E-state index in [4.69, 9.17) is 0 Å². The molecule has 0 saturated carbocycles. The van der Waals surface area contributed by atoms with Gasteiger partial charge in [-0.05, 0) is 30.7 Å². The lowest BCUT2D eigenvalue weighted by molar-refractivity contribution is 0.102. The number of carbonyl (C=O) groups is 1. The molecule has 116 valence electrons. The highest BCUT2D eigenvalue weighted by Crippen LogP contribution is 2.23. The fourth-order valence-corrected chi connectivity index (χ4v) is 2.54. The van der Waals surface area contributed by atoms with Crippen LogP contribution in [0.4, 0.5) is 11.4 Å². The highest BCUT2D eigenvalue weighted by Gasteiger charge is 2.19. The second-order valence-electron chi connectivity index (χ2n) is 5.02. The van der Waals surface area contributed by atoms with Crippen LogP contribution in [0.2, 0.25) is 0 Å². The number of rotatable bonds is 4. The van der Waals surface area contributed by atoms with Gasteiger partial charge < -0.3 is 5.32 Å². The molecule has 6 heteroatoms. The van der Waals surface area contributed by atoms with Gasteiger partial charge in [-0.15, -0.1) is 0 Å². The van der Waals surface area contributed by atoms with Gasteiger partial charge in [0.05, 0.1) is 17.5 Å². The van der Waals surface area contributed by atoms with Crippen molar-refractivity contribution in [3.05, 3.63) is 59.7 Å². The van der Waals surface area contributed by atoms with Crippen LogP contribution < -0.4 is 9.62 Å². The van der Waals surface area contributed by atoms with E-state index in [2.05, 4.69) is 5.32 Å². The summed E-state index contributed by atoms with van der Waals surface area (Å²) in [5, 5.41) is 2.81. The van der Waals surface area contributed by atoms with Crippen LogP contribution in [0, 0.1) is 6.92 Å². The van der Waals surface area contributed by atoms with Gasteiger partial charge in [-0.25, -0.2) is 8.42 Å². The summed E-state index contributed by atoms with van der Waals surface area (Å²) in [4.78, 5) is 12.5. The van der Waals surface area contributed by atoms with E-state index in [1.807, 2.05) is 25.1 Å². The Morgan fingerprint density at radius 1 is 1.05 bits per heavy atom. The average molecular weight is 318 g/mol. The third kappa shape index (κ3) is 3.46. The third-order valence-corrected chi connectivity index (χ3v) is 4.57. The lowest BCUT2D eigenvalue weighted by Gasteiger charge is -2.20. The van der Waals surface area contributed by atoms with Crippen LogP contribution >= 0.6 is 0 Å². The van der Waals surface area contributed by atoms with Gasteiger partial charge in [0.15, 0.2) is 0 Å². The SMILES string of the molecule is Cc1ccccc1NC(=O)c1ccccc1N(C)S(C)(=O)=O. The van der Waals surface area contributed by atoms with E-state index >= 15 is 0 Å². The van der Waals surface area contributed by atoms with Crippen molar-refractivity contribution in [3.8, 4) is 0 Å². The highest BCUT2D eigenvalue weighted by molar-refractivity contribution is 7.92. The maximum Gasteiger partial charge on any atom is 0.257 e. The molecule has 0 atom stereocenters. The topological polar surface area (TPSA) is 66.5 Å². The fraction of sp³-hybridized carbons (Fsp3) is 0.188. The summed E-state index contributed by atoms with van der Waals surface area (Å²) in [5.74, 6) is -0.347. The van der Waals surface area contributed by atoms with Crippen LogP contribution in [0.15, 0.2) is 48.5 Å². The zero-order valence-electron chi connectivity index (χ0n) is 12.7. The molecule has 0 aliphatic carbocycles. The van der Waals surface area contributed by atoms with Crippen LogP contribution in [0.25, 0.3) is 0 Å². The molecule has 0 fully saturated rings. The van der Waals surface area contributed by atoms with Crippen LogP contribution in [0.5, 0.6) is 0 Å². The standard InChI is InChI=1S/C16H18N2O3S/c1-12-8-4-6-10-14(12)17-16(19)13-9-5-7-11-15(13)18(2)22(3,20)21/h4-11H,1-3H3,(H,17,19). The predicted molar refractivity (Wildman–Crippen MR) is 88.8 cm³/mol. The first kappa shape index (κ1) is 16.0. The van der Waals surface area contributed by atoms with E-state index < -0.39 is 10.0 Å². The van der Waals surface area contributed by atoms with Crippen LogP contribution in [0.3, 0.4) is 0 Å². The molecular formula is C16H18N2O3S.